The Morgan fingerprint density at radius 3 is 2.65 bits per heavy atom. The molecule has 4 N–H and O–H groups in total. The van der Waals surface area contributed by atoms with Crippen LogP contribution in [0.2, 0.25) is 0 Å². The average Bonchev–Trinajstić information content (AvgIpc) is 2.39. The minimum absolute atomic E-state index is 0.0328. The fourth-order valence-corrected chi connectivity index (χ4v) is 1.76. The van der Waals surface area contributed by atoms with Crippen LogP contribution in [0, 0.1) is 11.6 Å². The van der Waals surface area contributed by atoms with Crippen molar-refractivity contribution in [1.82, 2.24) is 0 Å². The summed E-state index contributed by atoms with van der Waals surface area (Å²) in [5.74, 6) is -2.47. The van der Waals surface area contributed by atoms with Gasteiger partial charge in [-0.05, 0) is 18.2 Å². The molecule has 2 rings (SSSR count). The van der Waals surface area contributed by atoms with Crippen LogP contribution >= 0.6 is 0 Å². The fraction of sp³-hybridized carbons (Fsp3) is 0.0714. The first kappa shape index (κ1) is 13.8. The number of nitrogen functional groups attached to an aromatic ring is 1. The van der Waals surface area contributed by atoms with E-state index in [9.17, 15) is 13.6 Å². The topological polar surface area (TPSA) is 75.3 Å². The number of nitrogens with two attached hydrogens (primary N) is 1. The number of para-hydroxylation sites is 1. The summed E-state index contributed by atoms with van der Waals surface area (Å²) in [6, 6.07) is 7.74. The lowest BCUT2D eigenvalue weighted by atomic mass is 10.1. The monoisotopic (exact) mass is 278 g/mol. The highest BCUT2D eigenvalue weighted by Gasteiger charge is 2.11. The van der Waals surface area contributed by atoms with Gasteiger partial charge in [-0.3, -0.25) is 0 Å². The van der Waals surface area contributed by atoms with Crippen molar-refractivity contribution in [3.63, 3.8) is 0 Å². The van der Waals surface area contributed by atoms with Gasteiger partial charge in [-0.15, -0.1) is 0 Å². The molecule has 0 bridgehead atoms. The molecule has 0 aliphatic carbocycles. The highest BCUT2D eigenvalue weighted by atomic mass is 19.1. The molecule has 0 heterocycles. The van der Waals surface area contributed by atoms with Gasteiger partial charge in [0.15, 0.2) is 0 Å². The van der Waals surface area contributed by atoms with Gasteiger partial charge in [-0.25, -0.2) is 13.6 Å². The van der Waals surface area contributed by atoms with Gasteiger partial charge in [-0.2, -0.15) is 0 Å². The van der Waals surface area contributed by atoms with Crippen LogP contribution in [0.5, 0.6) is 0 Å². The quantitative estimate of drug-likeness (QED) is 0.752. The first-order valence-electron chi connectivity index (χ1n) is 5.78. The zero-order valence-electron chi connectivity index (χ0n) is 10.4. The lowest BCUT2D eigenvalue weighted by Crippen LogP contribution is -2.08. The maximum atomic E-state index is 13.5. The van der Waals surface area contributed by atoms with Gasteiger partial charge in [0, 0.05) is 18.2 Å². The number of hydrogen-bond donors (Lipinski definition) is 3. The predicted octanol–water partition coefficient (Wildman–Crippen LogP) is 2.86. The number of anilines is 2. The summed E-state index contributed by atoms with van der Waals surface area (Å²) in [6.45, 7) is 0.0688. The highest BCUT2D eigenvalue weighted by Crippen LogP contribution is 2.23. The summed E-state index contributed by atoms with van der Waals surface area (Å²) in [5, 5.41) is 11.8. The largest absolute Gasteiger partial charge is 0.478 e. The van der Waals surface area contributed by atoms with Gasteiger partial charge >= 0.3 is 5.97 Å². The molecule has 0 saturated carbocycles. The van der Waals surface area contributed by atoms with Gasteiger partial charge in [0.1, 0.15) is 11.6 Å². The van der Waals surface area contributed by atoms with Crippen molar-refractivity contribution < 1.29 is 18.7 Å². The number of carbonyl (C=O) groups is 1. The number of benzene rings is 2. The minimum atomic E-state index is -1.14. The molecule has 0 aliphatic rings. The van der Waals surface area contributed by atoms with E-state index in [-0.39, 0.29) is 23.4 Å². The minimum Gasteiger partial charge on any atom is -0.478 e. The molecule has 2 aromatic rings. The Balaban J connectivity index is 2.19. The fourth-order valence-electron chi connectivity index (χ4n) is 1.76. The second-order valence-corrected chi connectivity index (χ2v) is 4.16. The molecule has 0 saturated heterocycles. The molecule has 2 aromatic carbocycles. The van der Waals surface area contributed by atoms with E-state index in [0.29, 0.717) is 5.69 Å². The number of halogens is 2. The number of aromatic carboxylic acids is 1. The molecule has 0 unspecified atom stereocenters. The van der Waals surface area contributed by atoms with Crippen LogP contribution < -0.4 is 11.1 Å². The zero-order chi connectivity index (χ0) is 14.7. The van der Waals surface area contributed by atoms with Gasteiger partial charge < -0.3 is 16.2 Å². The summed E-state index contributed by atoms with van der Waals surface area (Å²) < 4.78 is 26.2. The first-order valence-corrected chi connectivity index (χ1v) is 5.78. The van der Waals surface area contributed by atoms with E-state index in [1.807, 2.05) is 0 Å². The van der Waals surface area contributed by atoms with Crippen molar-refractivity contribution in [1.29, 1.82) is 0 Å². The van der Waals surface area contributed by atoms with Gasteiger partial charge in [0.2, 0.25) is 0 Å². The first-order chi connectivity index (χ1) is 9.49. The molecule has 0 amide bonds. The molecular formula is C14H12F2N2O2. The lowest BCUT2D eigenvalue weighted by molar-refractivity contribution is 0.0698. The van der Waals surface area contributed by atoms with Crippen molar-refractivity contribution in [3.05, 3.63) is 59.2 Å². The number of carboxylic acid groups (broad SMARTS) is 1. The summed E-state index contributed by atoms with van der Waals surface area (Å²) in [4.78, 5) is 10.9. The molecule has 104 valence electrons. The standard InChI is InChI=1S/C14H12F2N2O2/c15-9-5-4-8(11(16)6-9)7-18-12-3-1-2-10(13(12)17)14(19)20/h1-6,18H,7,17H2,(H,19,20). The maximum absolute atomic E-state index is 13.5. The molecule has 0 aromatic heterocycles. The van der Waals surface area contributed by atoms with Gasteiger partial charge in [-0.1, -0.05) is 12.1 Å². The Hall–Kier alpha value is -2.63. The van der Waals surface area contributed by atoms with Crippen LogP contribution in [0.15, 0.2) is 36.4 Å². The molecule has 20 heavy (non-hydrogen) atoms. The summed E-state index contributed by atoms with van der Waals surface area (Å²) in [5.41, 5.74) is 6.39. The van der Waals surface area contributed by atoms with Crippen LogP contribution in [-0.4, -0.2) is 11.1 Å². The maximum Gasteiger partial charge on any atom is 0.337 e. The van der Waals surface area contributed by atoms with Crippen molar-refractivity contribution in [3.8, 4) is 0 Å². The smallest absolute Gasteiger partial charge is 0.337 e. The number of carboxylic acids is 1. The Labute approximate surface area is 113 Å². The Morgan fingerprint density at radius 2 is 2.00 bits per heavy atom. The number of nitrogens with one attached hydrogen (secondary N) is 1. The normalized spacial score (nSPS) is 10.3. The highest BCUT2D eigenvalue weighted by molar-refractivity contribution is 5.97. The van der Waals surface area contributed by atoms with Crippen molar-refractivity contribution >= 4 is 17.3 Å². The molecule has 0 atom stereocenters. The second kappa shape index (κ2) is 5.56. The van der Waals surface area contributed by atoms with Crippen LogP contribution in [0.4, 0.5) is 20.2 Å². The van der Waals surface area contributed by atoms with Crippen LogP contribution in [0.25, 0.3) is 0 Å². The molecule has 0 fully saturated rings. The lowest BCUT2D eigenvalue weighted by Gasteiger charge is -2.11. The van der Waals surface area contributed by atoms with Crippen LogP contribution in [-0.2, 0) is 6.54 Å². The SMILES string of the molecule is Nc1c(NCc2ccc(F)cc2F)cccc1C(=O)O. The Kier molecular flexibility index (Phi) is 3.84. The third-order valence-corrected chi connectivity index (χ3v) is 2.82. The molecule has 4 nitrogen and oxygen atoms in total. The third kappa shape index (κ3) is 2.85. The van der Waals surface area contributed by atoms with Gasteiger partial charge in [0.05, 0.1) is 16.9 Å². The van der Waals surface area contributed by atoms with E-state index in [0.717, 1.165) is 12.1 Å². The molecule has 0 aliphatic heterocycles. The van der Waals surface area contributed by atoms with Crippen LogP contribution in [0.3, 0.4) is 0 Å². The van der Waals surface area contributed by atoms with Crippen molar-refractivity contribution in [2.45, 2.75) is 6.54 Å². The zero-order valence-corrected chi connectivity index (χ0v) is 10.4. The van der Waals surface area contributed by atoms with Crippen molar-refractivity contribution in [2.75, 3.05) is 11.1 Å². The summed E-state index contributed by atoms with van der Waals surface area (Å²) in [7, 11) is 0. The molecule has 0 radical (unpaired) electrons. The van der Waals surface area contributed by atoms with E-state index >= 15 is 0 Å². The summed E-state index contributed by atoms with van der Waals surface area (Å²) in [6.07, 6.45) is 0. The van der Waals surface area contributed by atoms with E-state index in [1.54, 1.807) is 6.07 Å². The van der Waals surface area contributed by atoms with Gasteiger partial charge in [0.25, 0.3) is 0 Å². The summed E-state index contributed by atoms with van der Waals surface area (Å²) >= 11 is 0. The Bertz CT molecular complexity index is 660. The van der Waals surface area contributed by atoms with E-state index in [1.165, 1.54) is 18.2 Å². The van der Waals surface area contributed by atoms with E-state index in [4.69, 9.17) is 10.8 Å². The average molecular weight is 278 g/mol. The third-order valence-electron chi connectivity index (χ3n) is 2.82. The van der Waals surface area contributed by atoms with Crippen molar-refractivity contribution in [2.24, 2.45) is 0 Å². The second-order valence-electron chi connectivity index (χ2n) is 4.16. The van der Waals surface area contributed by atoms with E-state index < -0.39 is 17.6 Å². The molecule has 6 heteroatoms. The van der Waals surface area contributed by atoms with Crippen LogP contribution in [0.1, 0.15) is 15.9 Å². The number of rotatable bonds is 4. The number of hydrogen-bond acceptors (Lipinski definition) is 3. The molecular weight excluding hydrogens is 266 g/mol. The Morgan fingerprint density at radius 1 is 1.25 bits per heavy atom. The molecule has 0 spiro atoms. The predicted molar refractivity (Wildman–Crippen MR) is 71.5 cm³/mol. The van der Waals surface area contributed by atoms with E-state index in [2.05, 4.69) is 5.32 Å².